The standard InChI is InChI=1S/C15H17BrN2O/c1-3-8-18-9-4-5-14(18)15(19)17-12-6-7-13(16)11(2)10-12/h4-7,9-10H,3,8H2,1-2H3,(H,17,19). The van der Waals surface area contributed by atoms with E-state index in [2.05, 4.69) is 28.2 Å². The van der Waals surface area contributed by atoms with Crippen molar-refractivity contribution in [2.45, 2.75) is 26.8 Å². The molecule has 1 heterocycles. The van der Waals surface area contributed by atoms with E-state index in [0.717, 1.165) is 28.7 Å². The molecule has 100 valence electrons. The Hall–Kier alpha value is -1.55. The van der Waals surface area contributed by atoms with E-state index in [0.29, 0.717) is 5.69 Å². The molecule has 4 heteroatoms. The van der Waals surface area contributed by atoms with Gasteiger partial charge in [-0.2, -0.15) is 0 Å². The van der Waals surface area contributed by atoms with Crippen molar-refractivity contribution in [1.82, 2.24) is 4.57 Å². The summed E-state index contributed by atoms with van der Waals surface area (Å²) < 4.78 is 3.01. The predicted molar refractivity (Wildman–Crippen MR) is 81.6 cm³/mol. The quantitative estimate of drug-likeness (QED) is 0.899. The predicted octanol–water partition coefficient (Wildman–Crippen LogP) is 4.22. The van der Waals surface area contributed by atoms with Gasteiger partial charge in [0.05, 0.1) is 0 Å². The van der Waals surface area contributed by atoms with Crippen LogP contribution in [0.2, 0.25) is 0 Å². The lowest BCUT2D eigenvalue weighted by molar-refractivity contribution is 0.101. The normalized spacial score (nSPS) is 10.5. The second kappa shape index (κ2) is 6.06. The van der Waals surface area contributed by atoms with Gasteiger partial charge in [-0.05, 0) is 49.2 Å². The fourth-order valence-corrected chi connectivity index (χ4v) is 2.22. The molecule has 0 aliphatic carbocycles. The molecule has 0 unspecified atom stereocenters. The van der Waals surface area contributed by atoms with E-state index in [-0.39, 0.29) is 5.91 Å². The molecule has 0 aliphatic rings. The van der Waals surface area contributed by atoms with Crippen LogP contribution >= 0.6 is 15.9 Å². The molecule has 0 bridgehead atoms. The van der Waals surface area contributed by atoms with Crippen LogP contribution in [0.15, 0.2) is 41.0 Å². The third-order valence-electron chi connectivity index (χ3n) is 2.94. The van der Waals surface area contributed by atoms with Crippen LogP contribution in [-0.2, 0) is 6.54 Å². The third kappa shape index (κ3) is 3.26. The highest BCUT2D eigenvalue weighted by Gasteiger charge is 2.10. The summed E-state index contributed by atoms with van der Waals surface area (Å²) in [5, 5.41) is 2.93. The van der Waals surface area contributed by atoms with Crippen LogP contribution in [0.3, 0.4) is 0 Å². The molecule has 19 heavy (non-hydrogen) atoms. The van der Waals surface area contributed by atoms with Crippen molar-refractivity contribution in [3.63, 3.8) is 0 Å². The van der Waals surface area contributed by atoms with Crippen LogP contribution in [0.1, 0.15) is 29.4 Å². The maximum Gasteiger partial charge on any atom is 0.272 e. The summed E-state index contributed by atoms with van der Waals surface area (Å²) in [5.41, 5.74) is 2.61. The van der Waals surface area contributed by atoms with Gasteiger partial charge in [0.25, 0.3) is 5.91 Å². The van der Waals surface area contributed by atoms with Crippen molar-refractivity contribution in [3.05, 3.63) is 52.3 Å². The molecule has 1 amide bonds. The van der Waals surface area contributed by atoms with Crippen LogP contribution in [0.4, 0.5) is 5.69 Å². The maximum atomic E-state index is 12.2. The molecule has 0 fully saturated rings. The largest absolute Gasteiger partial charge is 0.344 e. The molecule has 0 aliphatic heterocycles. The summed E-state index contributed by atoms with van der Waals surface area (Å²) in [7, 11) is 0. The van der Waals surface area contributed by atoms with Crippen molar-refractivity contribution in [1.29, 1.82) is 0 Å². The summed E-state index contributed by atoms with van der Waals surface area (Å²) in [4.78, 5) is 12.2. The SMILES string of the molecule is CCCn1cccc1C(=O)Nc1ccc(Br)c(C)c1. The van der Waals surface area contributed by atoms with Crippen LogP contribution in [0.25, 0.3) is 0 Å². The minimum absolute atomic E-state index is 0.0693. The minimum Gasteiger partial charge on any atom is -0.344 e. The van der Waals surface area contributed by atoms with Crippen molar-refractivity contribution in [2.75, 3.05) is 5.32 Å². The van der Waals surface area contributed by atoms with Gasteiger partial charge in [-0.3, -0.25) is 4.79 Å². The number of amides is 1. The van der Waals surface area contributed by atoms with Gasteiger partial charge in [0.2, 0.25) is 0 Å². The molecule has 0 radical (unpaired) electrons. The number of carbonyl (C=O) groups is 1. The molecule has 0 saturated carbocycles. The number of nitrogens with one attached hydrogen (secondary N) is 1. The van der Waals surface area contributed by atoms with E-state index < -0.39 is 0 Å². The highest BCUT2D eigenvalue weighted by molar-refractivity contribution is 9.10. The zero-order valence-corrected chi connectivity index (χ0v) is 12.7. The summed E-state index contributed by atoms with van der Waals surface area (Å²) in [6.07, 6.45) is 2.94. The maximum absolute atomic E-state index is 12.2. The van der Waals surface area contributed by atoms with Gasteiger partial charge in [0, 0.05) is 22.9 Å². The number of hydrogen-bond acceptors (Lipinski definition) is 1. The fourth-order valence-electron chi connectivity index (χ4n) is 1.97. The van der Waals surface area contributed by atoms with Crippen molar-refractivity contribution in [2.24, 2.45) is 0 Å². The molecule has 0 saturated heterocycles. The Morgan fingerprint density at radius 3 is 2.84 bits per heavy atom. The van der Waals surface area contributed by atoms with E-state index in [1.165, 1.54) is 0 Å². The minimum atomic E-state index is -0.0693. The molecule has 0 spiro atoms. The lowest BCUT2D eigenvalue weighted by atomic mass is 10.2. The lowest BCUT2D eigenvalue weighted by Crippen LogP contribution is -2.16. The van der Waals surface area contributed by atoms with E-state index in [1.807, 2.05) is 48.0 Å². The summed E-state index contributed by atoms with van der Waals surface area (Å²) in [6.45, 7) is 4.95. The molecule has 2 rings (SSSR count). The average molecular weight is 321 g/mol. The van der Waals surface area contributed by atoms with Gasteiger partial charge in [-0.1, -0.05) is 22.9 Å². The van der Waals surface area contributed by atoms with Gasteiger partial charge in [0.1, 0.15) is 5.69 Å². The molecular formula is C15H17BrN2O. The van der Waals surface area contributed by atoms with E-state index in [4.69, 9.17) is 0 Å². The van der Waals surface area contributed by atoms with Crippen LogP contribution in [0.5, 0.6) is 0 Å². The van der Waals surface area contributed by atoms with E-state index in [9.17, 15) is 4.79 Å². The number of aryl methyl sites for hydroxylation is 2. The lowest BCUT2D eigenvalue weighted by Gasteiger charge is -2.09. The van der Waals surface area contributed by atoms with Gasteiger partial charge in [-0.15, -0.1) is 0 Å². The van der Waals surface area contributed by atoms with Crippen molar-refractivity contribution in [3.8, 4) is 0 Å². The number of benzene rings is 1. The smallest absolute Gasteiger partial charge is 0.272 e. The number of halogens is 1. The van der Waals surface area contributed by atoms with Crippen molar-refractivity contribution >= 4 is 27.5 Å². The molecule has 1 aromatic carbocycles. The Bertz CT molecular complexity index is 590. The zero-order chi connectivity index (χ0) is 13.8. The highest BCUT2D eigenvalue weighted by atomic mass is 79.9. The highest BCUT2D eigenvalue weighted by Crippen LogP contribution is 2.20. The monoisotopic (exact) mass is 320 g/mol. The van der Waals surface area contributed by atoms with Gasteiger partial charge in [-0.25, -0.2) is 0 Å². The first-order chi connectivity index (χ1) is 9.11. The number of aromatic nitrogens is 1. The summed E-state index contributed by atoms with van der Waals surface area (Å²) in [6, 6.07) is 9.53. The molecular weight excluding hydrogens is 304 g/mol. The number of anilines is 1. The second-order valence-electron chi connectivity index (χ2n) is 4.50. The number of carbonyl (C=O) groups excluding carboxylic acids is 1. The number of rotatable bonds is 4. The molecule has 0 atom stereocenters. The van der Waals surface area contributed by atoms with Crippen LogP contribution in [0, 0.1) is 6.92 Å². The fraction of sp³-hybridized carbons (Fsp3) is 0.267. The molecule has 1 N–H and O–H groups in total. The first-order valence-corrected chi connectivity index (χ1v) is 7.13. The average Bonchev–Trinajstić information content (AvgIpc) is 2.83. The number of hydrogen-bond donors (Lipinski definition) is 1. The zero-order valence-electron chi connectivity index (χ0n) is 11.1. The summed E-state index contributed by atoms with van der Waals surface area (Å²) >= 11 is 3.45. The third-order valence-corrected chi connectivity index (χ3v) is 3.83. The van der Waals surface area contributed by atoms with Gasteiger partial charge >= 0.3 is 0 Å². The van der Waals surface area contributed by atoms with E-state index >= 15 is 0 Å². The topological polar surface area (TPSA) is 34.0 Å². The first kappa shape index (κ1) is 13.9. The van der Waals surface area contributed by atoms with E-state index in [1.54, 1.807) is 0 Å². The number of nitrogens with zero attached hydrogens (tertiary/aromatic N) is 1. The Kier molecular flexibility index (Phi) is 4.43. The Labute approximate surface area is 121 Å². The second-order valence-corrected chi connectivity index (χ2v) is 5.36. The summed E-state index contributed by atoms with van der Waals surface area (Å²) in [5.74, 6) is -0.0693. The Balaban J connectivity index is 2.16. The Morgan fingerprint density at radius 1 is 1.37 bits per heavy atom. The van der Waals surface area contributed by atoms with Crippen LogP contribution < -0.4 is 5.32 Å². The molecule has 2 aromatic rings. The van der Waals surface area contributed by atoms with Crippen molar-refractivity contribution < 1.29 is 4.79 Å². The van der Waals surface area contributed by atoms with Crippen LogP contribution in [-0.4, -0.2) is 10.5 Å². The first-order valence-electron chi connectivity index (χ1n) is 6.34. The van der Waals surface area contributed by atoms with Gasteiger partial charge < -0.3 is 9.88 Å². The Morgan fingerprint density at radius 2 is 2.16 bits per heavy atom. The molecule has 3 nitrogen and oxygen atoms in total. The molecule has 1 aromatic heterocycles. The van der Waals surface area contributed by atoms with Gasteiger partial charge in [0.15, 0.2) is 0 Å².